The summed E-state index contributed by atoms with van der Waals surface area (Å²) in [5.41, 5.74) is 0.473. The smallest absolute Gasteiger partial charge is 0.335 e. The van der Waals surface area contributed by atoms with Crippen LogP contribution in [0.15, 0.2) is 35.7 Å². The molecule has 0 aliphatic rings. The fraction of sp³-hybridized carbons (Fsp3) is 0.214. The van der Waals surface area contributed by atoms with E-state index in [0.717, 1.165) is 12.5 Å². The first-order valence-corrected chi connectivity index (χ1v) is 6.66. The molecule has 2 aromatic rings. The number of hydrogen-bond acceptors (Lipinski definition) is 3. The molecular weight excluding hydrogens is 267 g/mol. The number of hydrogen-bond donors (Lipinski definition) is 1. The fourth-order valence-electron chi connectivity index (χ4n) is 1.67. The lowest BCUT2D eigenvalue weighted by Gasteiger charge is -2.05. The molecule has 1 heterocycles. The van der Waals surface area contributed by atoms with Gasteiger partial charge in [-0.05, 0) is 35.2 Å². The van der Waals surface area contributed by atoms with Crippen molar-refractivity contribution in [3.8, 4) is 0 Å². The molecule has 0 saturated heterocycles. The number of carboxylic acids is 1. The topological polar surface area (TPSA) is 46.5 Å². The van der Waals surface area contributed by atoms with Crippen LogP contribution < -0.4 is 0 Å². The molecule has 0 fully saturated rings. The van der Waals surface area contributed by atoms with Gasteiger partial charge in [-0.1, -0.05) is 6.07 Å². The summed E-state index contributed by atoms with van der Waals surface area (Å²) in [6, 6.07) is 7.72. The van der Waals surface area contributed by atoms with E-state index in [1.165, 1.54) is 17.0 Å². The number of carbonyl (C=O) groups is 1. The van der Waals surface area contributed by atoms with E-state index in [1.807, 2.05) is 17.5 Å². The average molecular weight is 280 g/mol. The Balaban J connectivity index is 1.87. The lowest BCUT2D eigenvalue weighted by molar-refractivity contribution is 0.0695. The third-order valence-corrected chi connectivity index (χ3v) is 3.48. The summed E-state index contributed by atoms with van der Waals surface area (Å²) in [5.74, 6) is -1.70. The van der Waals surface area contributed by atoms with Crippen molar-refractivity contribution < 1.29 is 19.0 Å². The molecule has 0 spiro atoms. The van der Waals surface area contributed by atoms with Crippen LogP contribution in [0.2, 0.25) is 0 Å². The largest absolute Gasteiger partial charge is 0.478 e. The Morgan fingerprint density at radius 1 is 1.37 bits per heavy atom. The molecule has 0 unspecified atom stereocenters. The van der Waals surface area contributed by atoms with Gasteiger partial charge in [-0.15, -0.1) is 11.3 Å². The summed E-state index contributed by atoms with van der Waals surface area (Å²) in [6.07, 6.45) is 0.804. The van der Waals surface area contributed by atoms with Crippen molar-refractivity contribution in [2.75, 3.05) is 6.61 Å². The van der Waals surface area contributed by atoms with Crippen LogP contribution >= 0.6 is 11.3 Å². The SMILES string of the molecule is O=C(O)c1cc(F)cc(COCCc2cccs2)c1. The molecule has 0 aliphatic carbocycles. The third-order valence-electron chi connectivity index (χ3n) is 2.55. The molecule has 1 N–H and O–H groups in total. The Bertz CT molecular complexity index is 552. The van der Waals surface area contributed by atoms with Gasteiger partial charge in [-0.2, -0.15) is 0 Å². The summed E-state index contributed by atoms with van der Waals surface area (Å²) in [4.78, 5) is 12.0. The van der Waals surface area contributed by atoms with E-state index < -0.39 is 11.8 Å². The molecule has 0 aliphatic heterocycles. The van der Waals surface area contributed by atoms with Gasteiger partial charge in [0.2, 0.25) is 0 Å². The van der Waals surface area contributed by atoms with Crippen molar-refractivity contribution in [1.29, 1.82) is 0 Å². The van der Waals surface area contributed by atoms with Crippen molar-refractivity contribution in [2.24, 2.45) is 0 Å². The summed E-state index contributed by atoms with van der Waals surface area (Å²) in [6.45, 7) is 0.739. The minimum absolute atomic E-state index is 0.0585. The maximum atomic E-state index is 13.2. The molecule has 5 heteroatoms. The quantitative estimate of drug-likeness (QED) is 0.825. The van der Waals surface area contributed by atoms with Crippen molar-refractivity contribution in [3.05, 3.63) is 57.5 Å². The predicted molar refractivity (Wildman–Crippen MR) is 71.0 cm³/mol. The Morgan fingerprint density at radius 2 is 2.21 bits per heavy atom. The minimum atomic E-state index is -1.14. The number of halogens is 1. The van der Waals surface area contributed by atoms with Gasteiger partial charge in [0.05, 0.1) is 18.8 Å². The highest BCUT2D eigenvalue weighted by molar-refractivity contribution is 7.09. The van der Waals surface area contributed by atoms with Crippen LogP contribution in [-0.2, 0) is 17.8 Å². The van der Waals surface area contributed by atoms with Crippen molar-refractivity contribution in [2.45, 2.75) is 13.0 Å². The van der Waals surface area contributed by atoms with E-state index in [-0.39, 0.29) is 12.2 Å². The monoisotopic (exact) mass is 280 g/mol. The molecule has 0 amide bonds. The number of ether oxygens (including phenoxy) is 1. The Labute approximate surface area is 114 Å². The highest BCUT2D eigenvalue weighted by atomic mass is 32.1. The average Bonchev–Trinajstić information content (AvgIpc) is 2.87. The zero-order chi connectivity index (χ0) is 13.7. The number of thiophene rings is 1. The zero-order valence-electron chi connectivity index (χ0n) is 10.1. The normalized spacial score (nSPS) is 10.6. The maximum Gasteiger partial charge on any atom is 0.335 e. The van der Waals surface area contributed by atoms with E-state index in [2.05, 4.69) is 0 Å². The van der Waals surface area contributed by atoms with Gasteiger partial charge < -0.3 is 9.84 Å². The van der Waals surface area contributed by atoms with Gasteiger partial charge >= 0.3 is 5.97 Å². The molecule has 1 aromatic heterocycles. The molecule has 2 rings (SSSR count). The second-order valence-electron chi connectivity index (χ2n) is 4.04. The lowest BCUT2D eigenvalue weighted by Crippen LogP contribution is -2.02. The molecular formula is C14H13FO3S. The van der Waals surface area contributed by atoms with Crippen LogP contribution in [0.1, 0.15) is 20.8 Å². The van der Waals surface area contributed by atoms with E-state index in [9.17, 15) is 9.18 Å². The van der Waals surface area contributed by atoms with E-state index in [4.69, 9.17) is 9.84 Å². The summed E-state index contributed by atoms with van der Waals surface area (Å²) >= 11 is 1.66. The summed E-state index contributed by atoms with van der Waals surface area (Å²) < 4.78 is 18.6. The zero-order valence-corrected chi connectivity index (χ0v) is 11.0. The Morgan fingerprint density at radius 3 is 2.89 bits per heavy atom. The second kappa shape index (κ2) is 6.45. The molecule has 0 saturated carbocycles. The molecule has 100 valence electrons. The van der Waals surface area contributed by atoms with E-state index in [0.29, 0.717) is 12.2 Å². The first kappa shape index (κ1) is 13.7. The van der Waals surface area contributed by atoms with Gasteiger partial charge in [0.1, 0.15) is 5.82 Å². The fourth-order valence-corrected chi connectivity index (χ4v) is 2.37. The van der Waals surface area contributed by atoms with Crippen LogP contribution in [0, 0.1) is 5.82 Å². The highest BCUT2D eigenvalue weighted by Crippen LogP contribution is 2.12. The number of carboxylic acid groups (broad SMARTS) is 1. The number of aromatic carboxylic acids is 1. The van der Waals surface area contributed by atoms with Gasteiger partial charge in [0.15, 0.2) is 0 Å². The van der Waals surface area contributed by atoms with Gasteiger partial charge in [-0.25, -0.2) is 9.18 Å². The predicted octanol–water partition coefficient (Wildman–Crippen LogP) is 3.34. The van der Waals surface area contributed by atoms with Crippen LogP contribution in [-0.4, -0.2) is 17.7 Å². The second-order valence-corrected chi connectivity index (χ2v) is 5.07. The maximum absolute atomic E-state index is 13.2. The summed E-state index contributed by atoms with van der Waals surface area (Å²) in [5, 5.41) is 10.8. The summed E-state index contributed by atoms with van der Waals surface area (Å²) in [7, 11) is 0. The van der Waals surface area contributed by atoms with Crippen LogP contribution in [0.3, 0.4) is 0 Å². The van der Waals surface area contributed by atoms with Crippen LogP contribution in [0.4, 0.5) is 4.39 Å². The Kier molecular flexibility index (Phi) is 4.65. The minimum Gasteiger partial charge on any atom is -0.478 e. The van der Waals surface area contributed by atoms with Gasteiger partial charge in [0, 0.05) is 11.3 Å². The van der Waals surface area contributed by atoms with Crippen molar-refractivity contribution in [1.82, 2.24) is 0 Å². The van der Waals surface area contributed by atoms with E-state index in [1.54, 1.807) is 11.3 Å². The van der Waals surface area contributed by atoms with Crippen molar-refractivity contribution >= 4 is 17.3 Å². The third kappa shape index (κ3) is 4.15. The molecule has 0 atom stereocenters. The molecule has 0 bridgehead atoms. The van der Waals surface area contributed by atoms with E-state index >= 15 is 0 Å². The first-order chi connectivity index (χ1) is 9.15. The Hall–Kier alpha value is -1.72. The van der Waals surface area contributed by atoms with Gasteiger partial charge in [-0.3, -0.25) is 0 Å². The highest BCUT2D eigenvalue weighted by Gasteiger charge is 2.07. The molecule has 1 aromatic carbocycles. The van der Waals surface area contributed by atoms with Crippen LogP contribution in [0.25, 0.3) is 0 Å². The van der Waals surface area contributed by atoms with Crippen LogP contribution in [0.5, 0.6) is 0 Å². The lowest BCUT2D eigenvalue weighted by atomic mass is 10.1. The van der Waals surface area contributed by atoms with Gasteiger partial charge in [0.25, 0.3) is 0 Å². The number of benzene rings is 1. The number of rotatable bonds is 6. The molecule has 0 radical (unpaired) electrons. The molecule has 3 nitrogen and oxygen atoms in total. The van der Waals surface area contributed by atoms with Crippen molar-refractivity contribution in [3.63, 3.8) is 0 Å². The standard InChI is InChI=1S/C14H13FO3S/c15-12-7-10(6-11(8-12)14(16)17)9-18-4-3-13-2-1-5-19-13/h1-2,5-8H,3-4,9H2,(H,16,17). The first-order valence-electron chi connectivity index (χ1n) is 5.78. The molecule has 19 heavy (non-hydrogen) atoms.